The van der Waals surface area contributed by atoms with Crippen LogP contribution in [0.1, 0.15) is 36.0 Å². The minimum Gasteiger partial charge on any atom is -0.478 e. The molecule has 1 aromatic carbocycles. The van der Waals surface area contributed by atoms with E-state index in [9.17, 15) is 20.0 Å². The quantitative estimate of drug-likeness (QED) is 0.561. The van der Waals surface area contributed by atoms with E-state index in [4.69, 9.17) is 5.11 Å². The van der Waals surface area contributed by atoms with Crippen LogP contribution in [0.2, 0.25) is 0 Å². The van der Waals surface area contributed by atoms with E-state index in [2.05, 4.69) is 5.32 Å². The number of carboxylic acid groups (broad SMARTS) is 1. The number of hydrogen-bond acceptors (Lipinski definition) is 5. The number of nitro groups is 1. The average molecular weight is 280 g/mol. The molecule has 20 heavy (non-hydrogen) atoms. The number of aliphatic hydroxyl groups is 1. The number of hydrogen-bond donors (Lipinski definition) is 3. The largest absolute Gasteiger partial charge is 0.478 e. The molecule has 7 heteroatoms. The highest BCUT2D eigenvalue weighted by Gasteiger charge is 2.34. The maximum absolute atomic E-state index is 11.0. The van der Waals surface area contributed by atoms with Gasteiger partial charge in [-0.1, -0.05) is 12.8 Å². The van der Waals surface area contributed by atoms with Crippen LogP contribution in [0.4, 0.5) is 11.4 Å². The molecule has 0 aromatic heterocycles. The first-order valence-corrected chi connectivity index (χ1v) is 6.38. The number of benzene rings is 1. The summed E-state index contributed by atoms with van der Waals surface area (Å²) in [5.41, 5.74) is -0.660. The van der Waals surface area contributed by atoms with Gasteiger partial charge >= 0.3 is 5.97 Å². The van der Waals surface area contributed by atoms with Gasteiger partial charge in [0.1, 0.15) is 5.69 Å². The summed E-state index contributed by atoms with van der Waals surface area (Å²) in [6.07, 6.45) is 3.27. The Balaban J connectivity index is 2.39. The minimum absolute atomic E-state index is 0.0239. The number of carbonyl (C=O) groups is 1. The van der Waals surface area contributed by atoms with Crippen molar-refractivity contribution in [2.24, 2.45) is 0 Å². The third-order valence-electron chi connectivity index (χ3n) is 3.70. The van der Waals surface area contributed by atoms with Gasteiger partial charge in [0.15, 0.2) is 0 Å². The molecule has 108 valence electrons. The van der Waals surface area contributed by atoms with E-state index in [0.29, 0.717) is 12.8 Å². The van der Waals surface area contributed by atoms with Crippen LogP contribution in [0, 0.1) is 10.1 Å². The highest BCUT2D eigenvalue weighted by Crippen LogP contribution is 2.36. The van der Waals surface area contributed by atoms with E-state index in [-0.39, 0.29) is 23.5 Å². The van der Waals surface area contributed by atoms with Gasteiger partial charge in [-0.3, -0.25) is 10.1 Å². The van der Waals surface area contributed by atoms with Crippen molar-refractivity contribution in [3.05, 3.63) is 33.9 Å². The van der Waals surface area contributed by atoms with Crippen LogP contribution in [0.25, 0.3) is 0 Å². The maximum Gasteiger partial charge on any atom is 0.335 e. The Hall–Kier alpha value is -2.15. The van der Waals surface area contributed by atoms with Gasteiger partial charge in [-0.05, 0) is 25.0 Å². The third-order valence-corrected chi connectivity index (χ3v) is 3.70. The van der Waals surface area contributed by atoms with Crippen LogP contribution in [-0.4, -0.2) is 33.3 Å². The second-order valence-electron chi connectivity index (χ2n) is 5.06. The van der Waals surface area contributed by atoms with Crippen molar-refractivity contribution in [1.29, 1.82) is 0 Å². The van der Waals surface area contributed by atoms with Gasteiger partial charge in [0.2, 0.25) is 0 Å². The molecule has 2 rings (SSSR count). The van der Waals surface area contributed by atoms with Crippen LogP contribution >= 0.6 is 0 Å². The zero-order chi connectivity index (χ0) is 14.8. The Morgan fingerprint density at radius 2 is 2.05 bits per heavy atom. The fourth-order valence-electron chi connectivity index (χ4n) is 2.59. The first kappa shape index (κ1) is 14.3. The number of aromatic carboxylic acids is 1. The second kappa shape index (κ2) is 5.46. The van der Waals surface area contributed by atoms with Crippen LogP contribution in [-0.2, 0) is 0 Å². The SMILES string of the molecule is O=C(O)c1ccc([N+](=O)[O-])c(NC2(CO)CCCC2)c1. The Morgan fingerprint density at radius 1 is 1.40 bits per heavy atom. The normalized spacial score (nSPS) is 16.9. The molecule has 7 nitrogen and oxygen atoms in total. The van der Waals surface area contributed by atoms with Crippen molar-refractivity contribution in [2.45, 2.75) is 31.2 Å². The van der Waals surface area contributed by atoms with E-state index in [0.717, 1.165) is 12.8 Å². The van der Waals surface area contributed by atoms with Crippen molar-refractivity contribution < 1.29 is 19.9 Å². The van der Waals surface area contributed by atoms with Gasteiger partial charge in [0.25, 0.3) is 5.69 Å². The number of anilines is 1. The number of aliphatic hydroxyl groups excluding tert-OH is 1. The Kier molecular flexibility index (Phi) is 3.89. The van der Waals surface area contributed by atoms with E-state index >= 15 is 0 Å². The van der Waals surface area contributed by atoms with E-state index in [1.807, 2.05) is 0 Å². The van der Waals surface area contributed by atoms with E-state index in [1.54, 1.807) is 0 Å². The highest BCUT2D eigenvalue weighted by atomic mass is 16.6. The molecule has 3 N–H and O–H groups in total. The van der Waals surface area contributed by atoms with E-state index < -0.39 is 16.4 Å². The number of nitrogens with one attached hydrogen (secondary N) is 1. The molecule has 0 unspecified atom stereocenters. The molecule has 0 aliphatic heterocycles. The van der Waals surface area contributed by atoms with Crippen LogP contribution in [0.5, 0.6) is 0 Å². The zero-order valence-electron chi connectivity index (χ0n) is 10.8. The molecular weight excluding hydrogens is 264 g/mol. The smallest absolute Gasteiger partial charge is 0.335 e. The van der Waals surface area contributed by atoms with Gasteiger partial charge in [-0.15, -0.1) is 0 Å². The first-order valence-electron chi connectivity index (χ1n) is 6.38. The van der Waals surface area contributed by atoms with Crippen molar-refractivity contribution in [2.75, 3.05) is 11.9 Å². The standard InChI is InChI=1S/C13H16N2O5/c16-8-13(5-1-2-6-13)14-10-7-9(12(17)18)3-4-11(10)15(19)20/h3-4,7,14,16H,1-2,5-6,8H2,(H,17,18). The number of carboxylic acids is 1. The fraction of sp³-hybridized carbons (Fsp3) is 0.462. The fourth-order valence-corrected chi connectivity index (χ4v) is 2.59. The lowest BCUT2D eigenvalue weighted by Crippen LogP contribution is -2.39. The van der Waals surface area contributed by atoms with Crippen molar-refractivity contribution >= 4 is 17.3 Å². The lowest BCUT2D eigenvalue weighted by molar-refractivity contribution is -0.384. The number of nitro benzene ring substituents is 1. The lowest BCUT2D eigenvalue weighted by Gasteiger charge is -2.29. The average Bonchev–Trinajstić information content (AvgIpc) is 2.87. The van der Waals surface area contributed by atoms with Gasteiger partial charge < -0.3 is 15.5 Å². The molecule has 0 saturated heterocycles. The van der Waals surface area contributed by atoms with Gasteiger partial charge in [0.05, 0.1) is 22.6 Å². The summed E-state index contributed by atoms with van der Waals surface area (Å²) in [4.78, 5) is 21.4. The van der Waals surface area contributed by atoms with Crippen LogP contribution in [0.15, 0.2) is 18.2 Å². The molecular formula is C13H16N2O5. The molecule has 1 aliphatic carbocycles. The number of rotatable bonds is 5. The summed E-state index contributed by atoms with van der Waals surface area (Å²) in [6, 6.07) is 3.62. The molecule has 1 saturated carbocycles. The molecule has 0 amide bonds. The summed E-state index contributed by atoms with van der Waals surface area (Å²) in [5, 5.41) is 32.5. The molecule has 1 aromatic rings. The van der Waals surface area contributed by atoms with E-state index in [1.165, 1.54) is 18.2 Å². The summed E-state index contributed by atoms with van der Waals surface area (Å²) >= 11 is 0. The van der Waals surface area contributed by atoms with Gasteiger partial charge in [0, 0.05) is 6.07 Å². The van der Waals surface area contributed by atoms with Gasteiger partial charge in [-0.25, -0.2) is 4.79 Å². The van der Waals surface area contributed by atoms with Crippen molar-refractivity contribution in [3.8, 4) is 0 Å². The monoisotopic (exact) mass is 280 g/mol. The maximum atomic E-state index is 11.0. The van der Waals surface area contributed by atoms with Gasteiger partial charge in [-0.2, -0.15) is 0 Å². The summed E-state index contributed by atoms with van der Waals surface area (Å²) in [6.45, 7) is -0.137. The minimum atomic E-state index is -1.15. The van der Waals surface area contributed by atoms with Crippen molar-refractivity contribution in [1.82, 2.24) is 0 Å². The molecule has 1 aliphatic rings. The van der Waals surface area contributed by atoms with Crippen LogP contribution in [0.3, 0.4) is 0 Å². The molecule has 1 fully saturated rings. The molecule has 0 spiro atoms. The number of nitrogens with zero attached hydrogens (tertiary/aromatic N) is 1. The topological polar surface area (TPSA) is 113 Å². The predicted molar refractivity (Wildman–Crippen MR) is 72.0 cm³/mol. The molecule has 0 atom stereocenters. The molecule has 0 radical (unpaired) electrons. The predicted octanol–water partition coefficient (Wildman–Crippen LogP) is 2.01. The van der Waals surface area contributed by atoms with Crippen molar-refractivity contribution in [3.63, 3.8) is 0 Å². The Bertz CT molecular complexity index is 538. The third kappa shape index (κ3) is 2.72. The lowest BCUT2D eigenvalue weighted by atomic mass is 9.98. The second-order valence-corrected chi connectivity index (χ2v) is 5.06. The molecule has 0 heterocycles. The summed E-state index contributed by atoms with van der Waals surface area (Å²) in [7, 11) is 0. The summed E-state index contributed by atoms with van der Waals surface area (Å²) in [5.74, 6) is -1.15. The Morgan fingerprint density at radius 3 is 2.55 bits per heavy atom. The van der Waals surface area contributed by atoms with Crippen LogP contribution < -0.4 is 5.32 Å². The Labute approximate surface area is 115 Å². The molecule has 0 bridgehead atoms. The summed E-state index contributed by atoms with van der Waals surface area (Å²) < 4.78 is 0. The first-order chi connectivity index (χ1) is 9.47. The highest BCUT2D eigenvalue weighted by molar-refractivity contribution is 5.90. The zero-order valence-corrected chi connectivity index (χ0v) is 10.8.